The van der Waals surface area contributed by atoms with Crippen molar-refractivity contribution >= 4 is 17.0 Å². The van der Waals surface area contributed by atoms with E-state index in [4.69, 9.17) is 15.2 Å². The van der Waals surface area contributed by atoms with E-state index in [9.17, 15) is 5.11 Å². The van der Waals surface area contributed by atoms with Crippen LogP contribution in [0.15, 0.2) is 12.7 Å². The standard InChI is InChI=1S/C11H15N5O3/c1-5-8(17)7(11(18-2)19-5)16-4-15-6-9(12)13-3-14-10(6)16/h3-5,7-8,11,17H,1-2H3,(H2,12,13,14). The van der Waals surface area contributed by atoms with Crippen LogP contribution in [-0.2, 0) is 9.47 Å². The molecule has 1 saturated heterocycles. The van der Waals surface area contributed by atoms with E-state index in [1.165, 1.54) is 13.4 Å². The SMILES string of the molecule is COC1OC(C)C(O)C1n1cnc2c(N)ncnc21. The molecule has 8 heteroatoms. The van der Waals surface area contributed by atoms with Gasteiger partial charge in [-0.1, -0.05) is 0 Å². The Kier molecular flexibility index (Phi) is 2.85. The molecule has 0 bridgehead atoms. The third kappa shape index (κ3) is 1.76. The molecule has 19 heavy (non-hydrogen) atoms. The largest absolute Gasteiger partial charge is 0.388 e. The number of nitrogens with two attached hydrogens (primary N) is 1. The van der Waals surface area contributed by atoms with Gasteiger partial charge in [-0.05, 0) is 6.92 Å². The van der Waals surface area contributed by atoms with Crippen molar-refractivity contribution in [2.24, 2.45) is 0 Å². The van der Waals surface area contributed by atoms with E-state index in [0.717, 1.165) is 0 Å². The predicted molar refractivity (Wildman–Crippen MR) is 66.1 cm³/mol. The Morgan fingerprint density at radius 1 is 1.42 bits per heavy atom. The number of hydrogen-bond donors (Lipinski definition) is 2. The monoisotopic (exact) mass is 265 g/mol. The number of imidazole rings is 1. The second-order valence-corrected chi connectivity index (χ2v) is 4.51. The Balaban J connectivity index is 2.11. The van der Waals surface area contributed by atoms with E-state index in [1.807, 2.05) is 0 Å². The van der Waals surface area contributed by atoms with Crippen molar-refractivity contribution in [3.05, 3.63) is 12.7 Å². The Labute approximate surface area is 109 Å². The molecule has 0 aromatic carbocycles. The van der Waals surface area contributed by atoms with Crippen molar-refractivity contribution in [3.63, 3.8) is 0 Å². The van der Waals surface area contributed by atoms with Crippen LogP contribution in [0.4, 0.5) is 5.82 Å². The minimum absolute atomic E-state index is 0.305. The molecule has 8 nitrogen and oxygen atoms in total. The lowest BCUT2D eigenvalue weighted by Crippen LogP contribution is -2.30. The predicted octanol–water partition coefficient (Wildman–Crippen LogP) is -0.298. The molecule has 0 radical (unpaired) electrons. The number of aliphatic hydroxyl groups excluding tert-OH is 1. The molecule has 4 unspecified atom stereocenters. The summed E-state index contributed by atoms with van der Waals surface area (Å²) >= 11 is 0. The van der Waals surface area contributed by atoms with Gasteiger partial charge in [0.15, 0.2) is 17.8 Å². The Hall–Kier alpha value is -1.77. The number of nitrogen functional groups attached to an aromatic ring is 1. The van der Waals surface area contributed by atoms with Crippen molar-refractivity contribution in [3.8, 4) is 0 Å². The molecule has 0 amide bonds. The maximum Gasteiger partial charge on any atom is 0.180 e. The zero-order valence-corrected chi connectivity index (χ0v) is 10.6. The van der Waals surface area contributed by atoms with Gasteiger partial charge >= 0.3 is 0 Å². The molecular formula is C11H15N5O3. The number of aromatic nitrogens is 4. The molecule has 2 aromatic rings. The Morgan fingerprint density at radius 3 is 2.95 bits per heavy atom. The second-order valence-electron chi connectivity index (χ2n) is 4.51. The third-order valence-corrected chi connectivity index (χ3v) is 3.40. The van der Waals surface area contributed by atoms with Gasteiger partial charge in [-0.25, -0.2) is 15.0 Å². The maximum absolute atomic E-state index is 10.2. The molecule has 1 aliphatic heterocycles. The lowest BCUT2D eigenvalue weighted by molar-refractivity contribution is -0.124. The summed E-state index contributed by atoms with van der Waals surface area (Å²) in [4.78, 5) is 12.2. The van der Waals surface area contributed by atoms with Crippen molar-refractivity contribution in [2.75, 3.05) is 12.8 Å². The molecular weight excluding hydrogens is 250 g/mol. The van der Waals surface area contributed by atoms with Crippen LogP contribution in [0.2, 0.25) is 0 Å². The minimum Gasteiger partial charge on any atom is -0.388 e. The normalized spacial score (nSPS) is 31.1. The zero-order valence-electron chi connectivity index (χ0n) is 10.6. The van der Waals surface area contributed by atoms with E-state index >= 15 is 0 Å². The van der Waals surface area contributed by atoms with Gasteiger partial charge in [-0.2, -0.15) is 0 Å². The highest BCUT2D eigenvalue weighted by atomic mass is 16.7. The number of methoxy groups -OCH3 is 1. The minimum atomic E-state index is -0.710. The summed E-state index contributed by atoms with van der Waals surface area (Å²) < 4.78 is 12.5. The van der Waals surface area contributed by atoms with Crippen LogP contribution in [-0.4, -0.2) is 50.2 Å². The molecule has 102 valence electrons. The first-order valence-corrected chi connectivity index (χ1v) is 5.93. The average molecular weight is 265 g/mol. The molecule has 4 atom stereocenters. The first-order valence-electron chi connectivity index (χ1n) is 5.93. The molecule has 1 aliphatic rings. The fraction of sp³-hybridized carbons (Fsp3) is 0.545. The van der Waals surface area contributed by atoms with E-state index in [-0.39, 0.29) is 6.10 Å². The van der Waals surface area contributed by atoms with E-state index in [0.29, 0.717) is 17.0 Å². The summed E-state index contributed by atoms with van der Waals surface area (Å²) in [5.41, 5.74) is 6.80. The lowest BCUT2D eigenvalue weighted by atomic mass is 10.1. The van der Waals surface area contributed by atoms with Crippen LogP contribution < -0.4 is 5.73 Å². The van der Waals surface area contributed by atoms with Gasteiger partial charge in [0, 0.05) is 7.11 Å². The summed E-state index contributed by atoms with van der Waals surface area (Å²) in [5.74, 6) is 0.305. The van der Waals surface area contributed by atoms with Gasteiger partial charge in [0.05, 0.1) is 12.4 Å². The van der Waals surface area contributed by atoms with Crippen LogP contribution in [0.25, 0.3) is 11.2 Å². The highest BCUT2D eigenvalue weighted by molar-refractivity contribution is 5.81. The topological polar surface area (TPSA) is 108 Å². The van der Waals surface area contributed by atoms with E-state index in [2.05, 4.69) is 15.0 Å². The van der Waals surface area contributed by atoms with Crippen molar-refractivity contribution in [1.29, 1.82) is 0 Å². The van der Waals surface area contributed by atoms with E-state index in [1.54, 1.807) is 17.8 Å². The maximum atomic E-state index is 10.2. The zero-order chi connectivity index (χ0) is 13.6. The average Bonchev–Trinajstić information content (AvgIpc) is 2.93. The number of anilines is 1. The van der Waals surface area contributed by atoms with Gasteiger partial charge in [0.1, 0.15) is 24.0 Å². The molecule has 3 rings (SSSR count). The summed E-state index contributed by atoms with van der Waals surface area (Å²) in [6, 6.07) is -0.417. The number of rotatable bonds is 2. The fourth-order valence-corrected chi connectivity index (χ4v) is 2.39. The number of hydrogen-bond acceptors (Lipinski definition) is 7. The first-order chi connectivity index (χ1) is 9.13. The molecule has 1 fully saturated rings. The van der Waals surface area contributed by atoms with Crippen LogP contribution >= 0.6 is 0 Å². The molecule has 3 N–H and O–H groups in total. The van der Waals surface area contributed by atoms with E-state index < -0.39 is 18.4 Å². The smallest absolute Gasteiger partial charge is 0.180 e. The second kappa shape index (κ2) is 4.41. The van der Waals surface area contributed by atoms with Gasteiger partial charge in [0.2, 0.25) is 0 Å². The molecule has 0 saturated carbocycles. The molecule has 0 spiro atoms. The van der Waals surface area contributed by atoms with Crippen molar-refractivity contribution in [2.45, 2.75) is 31.5 Å². The number of fused-ring (bicyclic) bond motifs is 1. The first kappa shape index (κ1) is 12.3. The van der Waals surface area contributed by atoms with Gasteiger partial charge in [-0.15, -0.1) is 0 Å². The van der Waals surface area contributed by atoms with Crippen molar-refractivity contribution < 1.29 is 14.6 Å². The van der Waals surface area contributed by atoms with Crippen molar-refractivity contribution in [1.82, 2.24) is 19.5 Å². The summed E-state index contributed by atoms with van der Waals surface area (Å²) in [5, 5.41) is 10.2. The number of ether oxygens (including phenoxy) is 2. The molecule has 0 aliphatic carbocycles. The van der Waals surface area contributed by atoms with Gasteiger partial charge in [0.25, 0.3) is 0 Å². The number of nitrogens with zero attached hydrogens (tertiary/aromatic N) is 4. The highest BCUT2D eigenvalue weighted by Gasteiger charge is 2.43. The van der Waals surface area contributed by atoms with Crippen LogP contribution in [0.1, 0.15) is 13.0 Å². The molecule has 2 aromatic heterocycles. The Morgan fingerprint density at radius 2 is 2.21 bits per heavy atom. The quantitative estimate of drug-likeness (QED) is 0.767. The highest BCUT2D eigenvalue weighted by Crippen LogP contribution is 2.33. The summed E-state index contributed by atoms with van der Waals surface area (Å²) in [7, 11) is 1.53. The number of aliphatic hydroxyl groups is 1. The van der Waals surface area contributed by atoms with Crippen LogP contribution in [0.3, 0.4) is 0 Å². The van der Waals surface area contributed by atoms with Gasteiger partial charge < -0.3 is 24.9 Å². The Bertz CT molecular complexity index is 601. The molecule has 3 heterocycles. The fourth-order valence-electron chi connectivity index (χ4n) is 2.39. The summed E-state index contributed by atoms with van der Waals surface area (Å²) in [6.45, 7) is 1.79. The van der Waals surface area contributed by atoms with Crippen LogP contribution in [0, 0.1) is 0 Å². The third-order valence-electron chi connectivity index (χ3n) is 3.40. The van der Waals surface area contributed by atoms with Crippen LogP contribution in [0.5, 0.6) is 0 Å². The van der Waals surface area contributed by atoms with Gasteiger partial charge in [-0.3, -0.25) is 0 Å². The lowest BCUT2D eigenvalue weighted by Gasteiger charge is -2.20. The summed E-state index contributed by atoms with van der Waals surface area (Å²) in [6.07, 6.45) is 1.34.